The fourth-order valence-corrected chi connectivity index (χ4v) is 1.96. The summed E-state index contributed by atoms with van der Waals surface area (Å²) in [7, 11) is 0. The van der Waals surface area contributed by atoms with E-state index in [9.17, 15) is 8.78 Å². The molecule has 0 amide bonds. The van der Waals surface area contributed by atoms with Crippen molar-refractivity contribution >= 4 is 0 Å². The van der Waals surface area contributed by atoms with Crippen molar-refractivity contribution in [1.29, 1.82) is 0 Å². The van der Waals surface area contributed by atoms with E-state index in [0.717, 1.165) is 6.54 Å². The lowest BCUT2D eigenvalue weighted by Crippen LogP contribution is -2.50. The van der Waals surface area contributed by atoms with E-state index in [2.05, 4.69) is 0 Å². The van der Waals surface area contributed by atoms with Crippen LogP contribution in [0.1, 0.15) is 33.6 Å². The van der Waals surface area contributed by atoms with E-state index in [1.807, 2.05) is 25.7 Å². The van der Waals surface area contributed by atoms with E-state index in [1.54, 1.807) is 0 Å². The molecule has 1 rings (SSSR count). The number of rotatable bonds is 2. The van der Waals surface area contributed by atoms with Gasteiger partial charge in [0.2, 0.25) is 0 Å². The zero-order valence-electron chi connectivity index (χ0n) is 8.69. The Morgan fingerprint density at radius 1 is 1.46 bits per heavy atom. The Morgan fingerprint density at radius 2 is 2.08 bits per heavy atom. The normalized spacial score (nSPS) is 29.5. The van der Waals surface area contributed by atoms with Crippen molar-refractivity contribution in [2.75, 3.05) is 13.1 Å². The molecule has 1 aliphatic heterocycles. The molecule has 1 heterocycles. The molecule has 1 atom stereocenters. The predicted molar refractivity (Wildman–Crippen MR) is 50.1 cm³/mol. The zero-order chi connectivity index (χ0) is 10.1. The number of nitrogens with zero attached hydrogens (tertiary/aromatic N) is 1. The highest BCUT2D eigenvalue weighted by Crippen LogP contribution is 2.35. The maximum atomic E-state index is 13.4. The van der Waals surface area contributed by atoms with Gasteiger partial charge in [0.25, 0.3) is 5.92 Å². The molecule has 0 bridgehead atoms. The summed E-state index contributed by atoms with van der Waals surface area (Å²) in [5.74, 6) is -2.88. The van der Waals surface area contributed by atoms with Crippen molar-refractivity contribution < 1.29 is 8.78 Å². The maximum absolute atomic E-state index is 13.4. The van der Waals surface area contributed by atoms with Crippen LogP contribution < -0.4 is 0 Å². The van der Waals surface area contributed by atoms with Crippen molar-refractivity contribution in [3.8, 4) is 0 Å². The molecule has 0 aromatic heterocycles. The van der Waals surface area contributed by atoms with Gasteiger partial charge in [-0.05, 0) is 33.2 Å². The minimum atomic E-state index is -2.47. The fraction of sp³-hybridized carbons (Fsp3) is 1.00. The van der Waals surface area contributed by atoms with Gasteiger partial charge >= 0.3 is 0 Å². The van der Waals surface area contributed by atoms with Gasteiger partial charge in [-0.2, -0.15) is 0 Å². The molecule has 1 nitrogen and oxygen atoms in total. The summed E-state index contributed by atoms with van der Waals surface area (Å²) in [6.07, 6.45) is 1.24. The fourth-order valence-electron chi connectivity index (χ4n) is 1.96. The third-order valence-electron chi connectivity index (χ3n) is 3.00. The molecule has 0 aromatic carbocycles. The second kappa shape index (κ2) is 3.91. The maximum Gasteiger partial charge on any atom is 0.263 e. The van der Waals surface area contributed by atoms with Gasteiger partial charge in [-0.25, -0.2) is 8.78 Å². The number of halogens is 2. The van der Waals surface area contributed by atoms with E-state index in [-0.39, 0.29) is 12.6 Å². The molecular formula is C10H19F2N. The summed E-state index contributed by atoms with van der Waals surface area (Å²) in [4.78, 5) is 1.87. The van der Waals surface area contributed by atoms with Gasteiger partial charge in [0.1, 0.15) is 0 Å². The van der Waals surface area contributed by atoms with E-state index in [1.165, 1.54) is 0 Å². The van der Waals surface area contributed by atoms with Crippen LogP contribution in [0.25, 0.3) is 0 Å². The van der Waals surface area contributed by atoms with Gasteiger partial charge in [0.15, 0.2) is 0 Å². The van der Waals surface area contributed by atoms with E-state index in [0.29, 0.717) is 12.8 Å². The summed E-state index contributed by atoms with van der Waals surface area (Å²) < 4.78 is 26.9. The standard InChI is InChI=1S/C10H19F2N/c1-4-9-5-6-13(8(2)3)7-10(9,11)12/h8-9H,4-7H2,1-3H3/t9-/m1/s1. The van der Waals surface area contributed by atoms with E-state index >= 15 is 0 Å². The second-order valence-electron chi connectivity index (χ2n) is 4.22. The summed E-state index contributed by atoms with van der Waals surface area (Å²) >= 11 is 0. The molecule has 78 valence electrons. The minimum absolute atomic E-state index is 0.0524. The van der Waals surface area contributed by atoms with Crippen LogP contribution in [0.3, 0.4) is 0 Å². The first-order valence-corrected chi connectivity index (χ1v) is 5.09. The van der Waals surface area contributed by atoms with Crippen LogP contribution in [-0.2, 0) is 0 Å². The van der Waals surface area contributed by atoms with E-state index in [4.69, 9.17) is 0 Å². The third kappa shape index (κ3) is 2.39. The first-order valence-electron chi connectivity index (χ1n) is 5.09. The van der Waals surface area contributed by atoms with Crippen molar-refractivity contribution in [2.45, 2.75) is 45.6 Å². The number of hydrogen-bond acceptors (Lipinski definition) is 1. The Balaban J connectivity index is 2.59. The molecule has 0 N–H and O–H groups in total. The Hall–Kier alpha value is -0.180. The highest BCUT2D eigenvalue weighted by Gasteiger charge is 2.43. The van der Waals surface area contributed by atoms with Crippen LogP contribution in [0.5, 0.6) is 0 Å². The van der Waals surface area contributed by atoms with Gasteiger partial charge < -0.3 is 0 Å². The molecule has 0 aromatic rings. The lowest BCUT2D eigenvalue weighted by molar-refractivity contribution is -0.117. The summed E-state index contributed by atoms with van der Waals surface area (Å²) in [6.45, 7) is 6.57. The highest BCUT2D eigenvalue weighted by molar-refractivity contribution is 4.86. The summed E-state index contributed by atoms with van der Waals surface area (Å²) in [5, 5.41) is 0. The van der Waals surface area contributed by atoms with Crippen molar-refractivity contribution in [3.05, 3.63) is 0 Å². The van der Waals surface area contributed by atoms with Crippen molar-refractivity contribution in [3.63, 3.8) is 0 Å². The molecule has 3 heteroatoms. The average Bonchev–Trinajstić information content (AvgIpc) is 2.02. The highest BCUT2D eigenvalue weighted by atomic mass is 19.3. The molecule has 0 radical (unpaired) electrons. The molecule has 13 heavy (non-hydrogen) atoms. The van der Waals surface area contributed by atoms with Crippen LogP contribution in [0.2, 0.25) is 0 Å². The smallest absolute Gasteiger partial charge is 0.263 e. The Labute approximate surface area is 79.1 Å². The summed E-state index contributed by atoms with van der Waals surface area (Å²) in [5.41, 5.74) is 0. The lowest BCUT2D eigenvalue weighted by Gasteiger charge is -2.40. The van der Waals surface area contributed by atoms with Crippen molar-refractivity contribution in [1.82, 2.24) is 4.90 Å². The van der Waals surface area contributed by atoms with Crippen molar-refractivity contribution in [2.24, 2.45) is 5.92 Å². The molecule has 0 spiro atoms. The van der Waals surface area contributed by atoms with Crippen LogP contribution in [-0.4, -0.2) is 30.0 Å². The van der Waals surface area contributed by atoms with Gasteiger partial charge in [0.05, 0.1) is 6.54 Å². The summed E-state index contributed by atoms with van der Waals surface area (Å²) in [6, 6.07) is 0.240. The molecule has 1 fully saturated rings. The lowest BCUT2D eigenvalue weighted by atomic mass is 9.90. The molecular weight excluding hydrogens is 172 g/mol. The number of likely N-dealkylation sites (tertiary alicyclic amines) is 1. The van der Waals surface area contributed by atoms with Crippen LogP contribution in [0, 0.1) is 5.92 Å². The second-order valence-corrected chi connectivity index (χ2v) is 4.22. The number of alkyl halides is 2. The van der Waals surface area contributed by atoms with Crippen LogP contribution in [0.4, 0.5) is 8.78 Å². The first kappa shape index (κ1) is 10.9. The monoisotopic (exact) mass is 191 g/mol. The molecule has 1 saturated heterocycles. The number of hydrogen-bond donors (Lipinski definition) is 0. The Morgan fingerprint density at radius 3 is 2.46 bits per heavy atom. The Kier molecular flexibility index (Phi) is 3.28. The first-order chi connectivity index (χ1) is 5.97. The van der Waals surface area contributed by atoms with Gasteiger partial charge in [-0.15, -0.1) is 0 Å². The molecule has 0 saturated carbocycles. The average molecular weight is 191 g/mol. The van der Waals surface area contributed by atoms with Gasteiger partial charge in [-0.3, -0.25) is 4.90 Å². The predicted octanol–water partition coefficient (Wildman–Crippen LogP) is 2.76. The topological polar surface area (TPSA) is 3.24 Å². The molecule has 1 aliphatic rings. The largest absolute Gasteiger partial charge is 0.295 e. The van der Waals surface area contributed by atoms with Gasteiger partial charge in [-0.1, -0.05) is 6.92 Å². The quantitative estimate of drug-likeness (QED) is 0.648. The molecule has 0 aliphatic carbocycles. The number of piperidine rings is 1. The third-order valence-corrected chi connectivity index (χ3v) is 3.00. The minimum Gasteiger partial charge on any atom is -0.295 e. The SMILES string of the molecule is CC[C@@H]1CCN(C(C)C)CC1(F)F. The van der Waals surface area contributed by atoms with Gasteiger partial charge in [0, 0.05) is 12.0 Å². The van der Waals surface area contributed by atoms with E-state index < -0.39 is 11.8 Å². The molecule has 0 unspecified atom stereocenters. The van der Waals surface area contributed by atoms with Crippen LogP contribution in [0.15, 0.2) is 0 Å². The Bertz CT molecular complexity index is 168. The van der Waals surface area contributed by atoms with Crippen LogP contribution >= 0.6 is 0 Å². The zero-order valence-corrected chi connectivity index (χ0v) is 8.69.